The molecule has 1 aromatic rings. The number of nitriles is 1. The molecular formula is C14H17BrN4OS. The van der Waals surface area contributed by atoms with Gasteiger partial charge in [-0.25, -0.2) is 13.6 Å². The van der Waals surface area contributed by atoms with E-state index in [1.165, 1.54) is 0 Å². The highest BCUT2D eigenvalue weighted by atomic mass is 79.9. The number of nitrogens with two attached hydrogens (primary N) is 1. The Labute approximate surface area is 133 Å². The zero-order valence-corrected chi connectivity index (χ0v) is 14.2. The fraction of sp³-hybridized carbons (Fsp3) is 0.571. The largest absolute Gasteiger partial charge is 0.319 e. The second-order valence-corrected chi connectivity index (χ2v) is 9.60. The van der Waals surface area contributed by atoms with Crippen molar-refractivity contribution in [2.24, 2.45) is 10.1 Å². The molecule has 2 heterocycles. The van der Waals surface area contributed by atoms with Crippen molar-refractivity contribution < 1.29 is 4.21 Å². The van der Waals surface area contributed by atoms with Crippen LogP contribution < -0.4 is 5.73 Å². The topological polar surface area (TPSA) is 92.1 Å². The van der Waals surface area contributed by atoms with Crippen LogP contribution in [0.25, 0.3) is 0 Å². The Morgan fingerprint density at radius 1 is 1.57 bits per heavy atom. The van der Waals surface area contributed by atoms with E-state index in [0.717, 1.165) is 17.7 Å². The van der Waals surface area contributed by atoms with Crippen molar-refractivity contribution in [1.82, 2.24) is 4.98 Å². The summed E-state index contributed by atoms with van der Waals surface area (Å²) in [6.45, 7) is 2.29. The number of nitrogens with zero attached hydrogens (tertiary/aromatic N) is 3. The van der Waals surface area contributed by atoms with E-state index in [9.17, 15) is 9.47 Å². The van der Waals surface area contributed by atoms with E-state index in [1.54, 1.807) is 6.92 Å². The highest BCUT2D eigenvalue weighted by Gasteiger charge is 2.49. The van der Waals surface area contributed by atoms with Crippen molar-refractivity contribution in [3.63, 3.8) is 0 Å². The van der Waals surface area contributed by atoms with E-state index >= 15 is 0 Å². The summed E-state index contributed by atoms with van der Waals surface area (Å²) in [5, 5.41) is 9.46. The Bertz CT molecular complexity index is 765. The van der Waals surface area contributed by atoms with Gasteiger partial charge in [-0.1, -0.05) is 6.07 Å². The van der Waals surface area contributed by atoms with Gasteiger partial charge in [0.05, 0.1) is 32.8 Å². The summed E-state index contributed by atoms with van der Waals surface area (Å²) in [4.78, 5) is 4.42. The van der Waals surface area contributed by atoms with Crippen molar-refractivity contribution in [3.05, 3.63) is 28.0 Å². The van der Waals surface area contributed by atoms with Crippen LogP contribution in [0.4, 0.5) is 0 Å². The molecule has 0 aromatic carbocycles. The molecule has 0 fully saturated rings. The number of pyridine rings is 1. The van der Waals surface area contributed by atoms with Crippen LogP contribution in [0.2, 0.25) is 0 Å². The molecule has 2 N–H and O–H groups in total. The molecule has 2 aliphatic rings. The fourth-order valence-electron chi connectivity index (χ4n) is 3.09. The summed E-state index contributed by atoms with van der Waals surface area (Å²) in [6.07, 6.45) is 2.05. The zero-order valence-electron chi connectivity index (χ0n) is 11.8. The van der Waals surface area contributed by atoms with E-state index in [-0.39, 0.29) is 5.75 Å². The van der Waals surface area contributed by atoms with E-state index in [1.807, 2.05) is 12.1 Å². The maximum absolute atomic E-state index is 13.3. The molecule has 0 bridgehead atoms. The molecule has 21 heavy (non-hydrogen) atoms. The molecule has 1 aliphatic carbocycles. The fourth-order valence-corrected chi connectivity index (χ4v) is 6.06. The van der Waals surface area contributed by atoms with Crippen LogP contribution in [0, 0.1) is 11.3 Å². The lowest BCUT2D eigenvalue weighted by Crippen LogP contribution is -2.56. The van der Waals surface area contributed by atoms with E-state index < -0.39 is 20.0 Å². The lowest BCUT2D eigenvalue weighted by Gasteiger charge is -2.42. The molecule has 1 unspecified atom stereocenters. The summed E-state index contributed by atoms with van der Waals surface area (Å²) in [7, 11) is -2.67. The third-order valence-corrected chi connectivity index (χ3v) is 8.08. The molecule has 112 valence electrons. The molecule has 0 spiro atoms. The predicted octanol–water partition coefficient (Wildman–Crippen LogP) is 2.10. The number of hydrogen-bond acceptors (Lipinski definition) is 5. The predicted molar refractivity (Wildman–Crippen MR) is 85.1 cm³/mol. The van der Waals surface area contributed by atoms with Crippen molar-refractivity contribution in [3.8, 4) is 6.07 Å². The van der Waals surface area contributed by atoms with Gasteiger partial charge in [-0.15, -0.1) is 0 Å². The van der Waals surface area contributed by atoms with Gasteiger partial charge in [0.25, 0.3) is 0 Å². The van der Waals surface area contributed by atoms with Gasteiger partial charge in [-0.3, -0.25) is 0 Å². The third-order valence-electron chi connectivity index (χ3n) is 4.43. The van der Waals surface area contributed by atoms with Gasteiger partial charge in [0.2, 0.25) is 0 Å². The monoisotopic (exact) mass is 368 g/mol. The van der Waals surface area contributed by atoms with E-state index in [4.69, 9.17) is 5.73 Å². The summed E-state index contributed by atoms with van der Waals surface area (Å²) < 4.78 is 17.4. The first kappa shape index (κ1) is 14.9. The molecule has 7 heteroatoms. The van der Waals surface area contributed by atoms with Crippen LogP contribution in [0.5, 0.6) is 0 Å². The molecule has 0 saturated heterocycles. The lowest BCUT2D eigenvalue weighted by molar-refractivity contribution is 0.408. The van der Waals surface area contributed by atoms with Gasteiger partial charge in [0, 0.05) is 6.54 Å². The summed E-state index contributed by atoms with van der Waals surface area (Å²) in [5.41, 5.74) is 7.56. The van der Waals surface area contributed by atoms with Crippen LogP contribution in [-0.2, 0) is 21.7 Å². The van der Waals surface area contributed by atoms with Crippen LogP contribution in [0.15, 0.2) is 21.1 Å². The van der Waals surface area contributed by atoms with Gasteiger partial charge >= 0.3 is 0 Å². The summed E-state index contributed by atoms with van der Waals surface area (Å²) >= 11 is 3.34. The number of rotatable bonds is 2. The van der Waals surface area contributed by atoms with Gasteiger partial charge in [0.15, 0.2) is 0 Å². The normalized spacial score (nSPS) is 37.8. The molecule has 3 atom stereocenters. The SMILES string of the molecule is C[C@]1(C#N)CCCN=S1(=O)C[C@@]1(N)Cc2ccc(Br)nc21. The van der Waals surface area contributed by atoms with Crippen LogP contribution in [0.1, 0.15) is 31.0 Å². The number of fused-ring (bicyclic) bond motifs is 1. The van der Waals surface area contributed by atoms with Gasteiger partial charge in [-0.05, 0) is 53.7 Å². The standard InChI is InChI=1S/C14H17BrN4OS/c1-13(8-16)5-2-6-18-21(13,20)9-14(17)7-10-3-4-11(15)19-12(10)14/h3-4H,2,5-7,9,17H2,1H3/t13-,14+,21?/m1/s1. The first-order valence-corrected chi connectivity index (χ1v) is 9.36. The average Bonchev–Trinajstić information content (AvgIpc) is 2.44. The summed E-state index contributed by atoms with van der Waals surface area (Å²) in [6, 6.07) is 6.08. The minimum absolute atomic E-state index is 0.209. The highest BCUT2D eigenvalue weighted by Crippen LogP contribution is 2.41. The number of hydrogen-bond donors (Lipinski definition) is 1. The first-order valence-electron chi connectivity index (χ1n) is 6.88. The molecule has 1 aliphatic heterocycles. The quantitative estimate of drug-likeness (QED) is 0.808. The van der Waals surface area contributed by atoms with E-state index in [2.05, 4.69) is 31.3 Å². The summed E-state index contributed by atoms with van der Waals surface area (Å²) in [5.74, 6) is 0.209. The molecule has 3 rings (SSSR count). The molecule has 0 saturated carbocycles. The third kappa shape index (κ3) is 2.20. The molecule has 5 nitrogen and oxygen atoms in total. The average molecular weight is 369 g/mol. The first-order chi connectivity index (χ1) is 9.82. The van der Waals surface area contributed by atoms with Crippen LogP contribution >= 0.6 is 15.9 Å². The molecular weight excluding hydrogens is 352 g/mol. The van der Waals surface area contributed by atoms with E-state index in [0.29, 0.717) is 24.0 Å². The second kappa shape index (κ2) is 4.77. The minimum atomic E-state index is -2.67. The lowest BCUT2D eigenvalue weighted by atomic mass is 9.76. The van der Waals surface area contributed by atoms with Gasteiger partial charge < -0.3 is 5.73 Å². The Kier molecular flexibility index (Phi) is 3.39. The van der Waals surface area contributed by atoms with Gasteiger partial charge in [-0.2, -0.15) is 5.26 Å². The maximum atomic E-state index is 13.3. The Morgan fingerprint density at radius 3 is 3.05 bits per heavy atom. The maximum Gasteiger partial charge on any atom is 0.137 e. The molecule has 0 radical (unpaired) electrons. The zero-order chi connectivity index (χ0) is 15.3. The van der Waals surface area contributed by atoms with Crippen LogP contribution in [-0.4, -0.2) is 26.2 Å². The van der Waals surface area contributed by atoms with Crippen molar-refractivity contribution >= 4 is 25.7 Å². The molecule has 0 amide bonds. The van der Waals surface area contributed by atoms with Crippen LogP contribution in [0.3, 0.4) is 0 Å². The Morgan fingerprint density at radius 2 is 2.33 bits per heavy atom. The minimum Gasteiger partial charge on any atom is -0.319 e. The van der Waals surface area contributed by atoms with Crippen molar-refractivity contribution in [2.75, 3.05) is 12.3 Å². The Balaban J connectivity index is 2.00. The Hall–Kier alpha value is -0.970. The highest BCUT2D eigenvalue weighted by molar-refractivity contribution is 9.10. The smallest absolute Gasteiger partial charge is 0.137 e. The van der Waals surface area contributed by atoms with Crippen molar-refractivity contribution in [1.29, 1.82) is 5.26 Å². The number of aromatic nitrogens is 1. The number of halogens is 1. The second-order valence-electron chi connectivity index (χ2n) is 6.06. The van der Waals surface area contributed by atoms with Gasteiger partial charge in [0.1, 0.15) is 9.35 Å². The molecule has 1 aromatic heterocycles. The van der Waals surface area contributed by atoms with Crippen molar-refractivity contribution in [2.45, 2.75) is 36.5 Å².